The second kappa shape index (κ2) is 10.6. The van der Waals surface area contributed by atoms with Gasteiger partial charge in [0.05, 0.1) is 54.5 Å². The number of anilines is 1. The molecule has 1 aromatic rings. The van der Waals surface area contributed by atoms with E-state index in [1.165, 1.54) is 0 Å². The SMILES string of the molecule is O=C(C[C@@H]1CC[C@H]2[C@@H](COC[C@@H](O)CN2C(=O)Nc2ccc(Cl)c(Cl)c2)O1)NC1CCC1. The van der Waals surface area contributed by atoms with Crippen LogP contribution >= 0.6 is 23.2 Å². The van der Waals surface area contributed by atoms with E-state index < -0.39 is 6.10 Å². The summed E-state index contributed by atoms with van der Waals surface area (Å²) in [5.41, 5.74) is 0.510. The maximum absolute atomic E-state index is 13.1. The molecule has 2 heterocycles. The second-order valence-electron chi connectivity index (χ2n) is 8.74. The number of nitrogens with zero attached hydrogens (tertiary/aromatic N) is 1. The van der Waals surface area contributed by atoms with E-state index in [2.05, 4.69) is 10.6 Å². The summed E-state index contributed by atoms with van der Waals surface area (Å²) in [6.45, 7) is 0.472. The van der Waals surface area contributed by atoms with E-state index in [-0.39, 0.29) is 49.9 Å². The lowest BCUT2D eigenvalue weighted by atomic mass is 9.92. The number of carbonyl (C=O) groups is 2. The topological polar surface area (TPSA) is 100 Å². The van der Waals surface area contributed by atoms with Crippen LogP contribution in [0.2, 0.25) is 10.0 Å². The fraction of sp³-hybridized carbons (Fsp3) is 0.636. The predicted octanol–water partition coefficient (Wildman–Crippen LogP) is 3.19. The van der Waals surface area contributed by atoms with Gasteiger partial charge >= 0.3 is 6.03 Å². The number of rotatable bonds is 4. The summed E-state index contributed by atoms with van der Waals surface area (Å²) in [4.78, 5) is 27.0. The Morgan fingerprint density at radius 1 is 1.12 bits per heavy atom. The van der Waals surface area contributed by atoms with Crippen molar-refractivity contribution >= 4 is 40.8 Å². The number of carbonyl (C=O) groups excluding carboxylic acids is 2. The number of fused-ring (bicyclic) bond motifs is 1. The van der Waals surface area contributed by atoms with Gasteiger partial charge in [-0.25, -0.2) is 4.79 Å². The highest BCUT2D eigenvalue weighted by molar-refractivity contribution is 6.42. The highest BCUT2D eigenvalue weighted by atomic mass is 35.5. The Labute approximate surface area is 197 Å². The molecule has 1 aromatic carbocycles. The van der Waals surface area contributed by atoms with Crippen molar-refractivity contribution in [2.75, 3.05) is 25.1 Å². The molecule has 0 radical (unpaired) electrons. The van der Waals surface area contributed by atoms with Gasteiger partial charge in [-0.1, -0.05) is 23.2 Å². The smallest absolute Gasteiger partial charge is 0.322 e. The summed E-state index contributed by atoms with van der Waals surface area (Å²) < 4.78 is 11.8. The summed E-state index contributed by atoms with van der Waals surface area (Å²) in [5.74, 6) is 0.00884. The Hall–Kier alpha value is -1.58. The Kier molecular flexibility index (Phi) is 7.78. The van der Waals surface area contributed by atoms with Gasteiger partial charge in [-0.3, -0.25) is 4.79 Å². The molecule has 32 heavy (non-hydrogen) atoms. The molecule has 4 atom stereocenters. The van der Waals surface area contributed by atoms with Gasteiger partial charge in [0, 0.05) is 11.7 Å². The molecule has 1 aliphatic carbocycles. The molecule has 176 valence electrons. The van der Waals surface area contributed by atoms with Gasteiger partial charge in [-0.05, 0) is 50.3 Å². The van der Waals surface area contributed by atoms with Crippen molar-refractivity contribution in [3.8, 4) is 0 Å². The third-order valence-corrected chi connectivity index (χ3v) is 7.04. The van der Waals surface area contributed by atoms with E-state index in [9.17, 15) is 14.7 Å². The molecule has 3 amide bonds. The van der Waals surface area contributed by atoms with E-state index >= 15 is 0 Å². The highest BCUT2D eigenvalue weighted by Crippen LogP contribution is 2.30. The summed E-state index contributed by atoms with van der Waals surface area (Å²) >= 11 is 12.0. The number of aliphatic hydroxyl groups is 1. The van der Waals surface area contributed by atoms with E-state index in [1.54, 1.807) is 23.1 Å². The first kappa shape index (κ1) is 23.6. The van der Waals surface area contributed by atoms with Crippen molar-refractivity contribution in [3.05, 3.63) is 28.2 Å². The van der Waals surface area contributed by atoms with Crippen LogP contribution in [0.5, 0.6) is 0 Å². The average molecular weight is 486 g/mol. The van der Waals surface area contributed by atoms with E-state index in [1.807, 2.05) is 0 Å². The summed E-state index contributed by atoms with van der Waals surface area (Å²) in [6.07, 6.45) is 3.45. The van der Waals surface area contributed by atoms with Crippen LogP contribution in [0.15, 0.2) is 18.2 Å². The first-order chi connectivity index (χ1) is 15.4. The molecule has 8 nitrogen and oxygen atoms in total. The zero-order valence-corrected chi connectivity index (χ0v) is 19.3. The van der Waals surface area contributed by atoms with Crippen molar-refractivity contribution in [1.29, 1.82) is 0 Å². The van der Waals surface area contributed by atoms with Crippen LogP contribution in [-0.2, 0) is 14.3 Å². The van der Waals surface area contributed by atoms with Crippen molar-refractivity contribution in [2.24, 2.45) is 0 Å². The van der Waals surface area contributed by atoms with Crippen LogP contribution in [-0.4, -0.2) is 72.1 Å². The second-order valence-corrected chi connectivity index (χ2v) is 9.56. The van der Waals surface area contributed by atoms with Crippen LogP contribution in [0.25, 0.3) is 0 Å². The van der Waals surface area contributed by atoms with Crippen LogP contribution in [0.1, 0.15) is 38.5 Å². The molecule has 3 N–H and O–H groups in total. The molecule has 3 aliphatic rings. The number of halogens is 2. The van der Waals surface area contributed by atoms with E-state index in [0.29, 0.717) is 41.0 Å². The first-order valence-corrected chi connectivity index (χ1v) is 11.9. The van der Waals surface area contributed by atoms with Gasteiger partial charge in [-0.2, -0.15) is 0 Å². The van der Waals surface area contributed by atoms with Crippen LogP contribution in [0.3, 0.4) is 0 Å². The van der Waals surface area contributed by atoms with Gasteiger partial charge in [0.15, 0.2) is 0 Å². The maximum atomic E-state index is 13.1. The van der Waals surface area contributed by atoms with Gasteiger partial charge < -0.3 is 30.1 Å². The third-order valence-electron chi connectivity index (χ3n) is 6.30. The van der Waals surface area contributed by atoms with Crippen molar-refractivity contribution in [3.63, 3.8) is 0 Å². The molecule has 0 bridgehead atoms. The Morgan fingerprint density at radius 2 is 1.94 bits per heavy atom. The molecule has 10 heteroatoms. The van der Waals surface area contributed by atoms with Crippen LogP contribution < -0.4 is 10.6 Å². The molecule has 2 aliphatic heterocycles. The maximum Gasteiger partial charge on any atom is 0.322 e. The van der Waals surface area contributed by atoms with Crippen molar-refractivity contribution in [2.45, 2.75) is 68.9 Å². The molecular weight excluding hydrogens is 457 g/mol. The Balaban J connectivity index is 1.40. The summed E-state index contributed by atoms with van der Waals surface area (Å²) in [7, 11) is 0. The number of amides is 3. The zero-order valence-electron chi connectivity index (χ0n) is 17.8. The molecule has 0 spiro atoms. The fourth-order valence-electron chi connectivity index (χ4n) is 4.39. The standard InChI is InChI=1S/C22H29Cl2N3O5/c23-17-6-4-14(8-18(17)24)26-22(30)27-10-15(28)11-31-12-20-19(27)7-5-16(32-20)9-21(29)25-13-2-1-3-13/h4,6,8,13,15-16,19-20,28H,1-3,5,7,9-12H2,(H,25,29)(H,26,30)/t15-,16-,19-,20+/m0/s1. The van der Waals surface area contributed by atoms with Gasteiger partial charge in [0.2, 0.25) is 5.91 Å². The number of β-amino-alcohol motifs (C(OH)–C–C–N with tert-alkyl or cyclic N) is 1. The van der Waals surface area contributed by atoms with Crippen LogP contribution in [0.4, 0.5) is 10.5 Å². The van der Waals surface area contributed by atoms with E-state index in [4.69, 9.17) is 32.7 Å². The molecule has 1 saturated carbocycles. The van der Waals surface area contributed by atoms with Gasteiger partial charge in [-0.15, -0.1) is 0 Å². The number of ether oxygens (including phenoxy) is 2. The van der Waals surface area contributed by atoms with Crippen molar-refractivity contribution in [1.82, 2.24) is 10.2 Å². The minimum absolute atomic E-state index is 0.00884. The number of benzene rings is 1. The highest BCUT2D eigenvalue weighted by Gasteiger charge is 2.40. The predicted molar refractivity (Wildman–Crippen MR) is 121 cm³/mol. The van der Waals surface area contributed by atoms with Gasteiger partial charge in [0.1, 0.15) is 6.10 Å². The molecular formula is C22H29Cl2N3O5. The summed E-state index contributed by atoms with van der Waals surface area (Å²) in [6, 6.07) is 4.52. The molecule has 0 aromatic heterocycles. The van der Waals surface area contributed by atoms with E-state index in [0.717, 1.165) is 19.3 Å². The average Bonchev–Trinajstić information content (AvgIpc) is 2.71. The molecule has 0 unspecified atom stereocenters. The third kappa shape index (κ3) is 5.85. The number of aliphatic hydroxyl groups excluding tert-OH is 1. The minimum Gasteiger partial charge on any atom is -0.389 e. The minimum atomic E-state index is -0.804. The van der Waals surface area contributed by atoms with Gasteiger partial charge in [0.25, 0.3) is 0 Å². The number of hydrogen-bond donors (Lipinski definition) is 3. The monoisotopic (exact) mass is 485 g/mol. The normalized spacial score (nSPS) is 28.7. The lowest BCUT2D eigenvalue weighted by Gasteiger charge is -2.44. The molecule has 3 fully saturated rings. The Bertz CT molecular complexity index is 838. The lowest BCUT2D eigenvalue weighted by Crippen LogP contribution is -2.58. The molecule has 2 saturated heterocycles. The quantitative estimate of drug-likeness (QED) is 0.607. The Morgan fingerprint density at radius 3 is 2.66 bits per heavy atom. The lowest BCUT2D eigenvalue weighted by molar-refractivity contribution is -0.150. The van der Waals surface area contributed by atoms with Crippen molar-refractivity contribution < 1.29 is 24.2 Å². The number of nitrogens with one attached hydrogen (secondary N) is 2. The zero-order chi connectivity index (χ0) is 22.7. The number of hydrogen-bond acceptors (Lipinski definition) is 5. The first-order valence-electron chi connectivity index (χ1n) is 11.1. The largest absolute Gasteiger partial charge is 0.389 e. The molecule has 4 rings (SSSR count). The fourth-order valence-corrected chi connectivity index (χ4v) is 4.69. The summed E-state index contributed by atoms with van der Waals surface area (Å²) in [5, 5.41) is 16.9. The number of urea groups is 1. The van der Waals surface area contributed by atoms with Crippen LogP contribution in [0, 0.1) is 0 Å².